The van der Waals surface area contributed by atoms with Crippen LogP contribution in [0, 0.1) is 5.92 Å². The third-order valence-corrected chi connectivity index (χ3v) is 5.85. The molecular weight excluding hydrogens is 306 g/mol. The van der Waals surface area contributed by atoms with Gasteiger partial charge < -0.3 is 0 Å². The molecule has 0 amide bonds. The van der Waals surface area contributed by atoms with Crippen molar-refractivity contribution in [2.24, 2.45) is 5.92 Å². The van der Waals surface area contributed by atoms with E-state index in [9.17, 15) is 0 Å². The fourth-order valence-corrected chi connectivity index (χ4v) is 4.33. The van der Waals surface area contributed by atoms with Crippen LogP contribution in [0.3, 0.4) is 0 Å². The van der Waals surface area contributed by atoms with E-state index in [-0.39, 0.29) is 0 Å². The SMILES string of the molecule is CCCCCCCCCCC1CCC(c2cccc[n+]2OCC)CC1. The van der Waals surface area contributed by atoms with Crippen LogP contribution < -0.4 is 9.57 Å². The molecule has 1 aromatic rings. The predicted octanol–water partition coefficient (Wildman–Crippen LogP) is 6.23. The zero-order valence-corrected chi connectivity index (χ0v) is 16.7. The van der Waals surface area contributed by atoms with Gasteiger partial charge in [0.1, 0.15) is 0 Å². The van der Waals surface area contributed by atoms with Crippen molar-refractivity contribution in [3.8, 4) is 0 Å². The van der Waals surface area contributed by atoms with E-state index < -0.39 is 0 Å². The molecule has 1 saturated carbocycles. The number of hydrogen-bond donors (Lipinski definition) is 0. The van der Waals surface area contributed by atoms with Crippen LogP contribution in [0.1, 0.15) is 109 Å². The Bertz CT molecular complexity index is 451. The first-order valence-corrected chi connectivity index (χ1v) is 11.0. The Kier molecular flexibility index (Phi) is 9.99. The van der Waals surface area contributed by atoms with E-state index in [1.165, 1.54) is 89.2 Å². The fraction of sp³-hybridized carbons (Fsp3) is 0.783. The van der Waals surface area contributed by atoms with Gasteiger partial charge >= 0.3 is 0 Å². The third kappa shape index (κ3) is 7.38. The van der Waals surface area contributed by atoms with Crippen molar-refractivity contribution >= 4 is 0 Å². The summed E-state index contributed by atoms with van der Waals surface area (Å²) in [6.45, 7) is 5.09. The largest absolute Gasteiger partial charge is 0.271 e. The summed E-state index contributed by atoms with van der Waals surface area (Å²) in [6.07, 6.45) is 20.5. The standard InChI is InChI=1S/C23H40NO/c1-3-5-6-7-8-9-10-11-14-21-16-18-22(19-17-21)23-15-12-13-20-24(23)25-4-2/h12-13,15,20-22H,3-11,14,16-19H2,1-2H3/q+1. The lowest BCUT2D eigenvalue weighted by molar-refractivity contribution is -0.896. The summed E-state index contributed by atoms with van der Waals surface area (Å²) in [4.78, 5) is 5.76. The molecule has 0 N–H and O–H groups in total. The molecule has 1 aromatic heterocycles. The van der Waals surface area contributed by atoms with Crippen molar-refractivity contribution in [2.45, 2.75) is 103 Å². The van der Waals surface area contributed by atoms with Gasteiger partial charge in [-0.15, -0.1) is 0 Å². The van der Waals surface area contributed by atoms with Gasteiger partial charge in [0.2, 0.25) is 11.9 Å². The average Bonchev–Trinajstić information content (AvgIpc) is 2.65. The zero-order valence-electron chi connectivity index (χ0n) is 16.7. The molecule has 1 aliphatic rings. The third-order valence-electron chi connectivity index (χ3n) is 5.85. The Morgan fingerprint density at radius 2 is 1.56 bits per heavy atom. The first-order chi connectivity index (χ1) is 12.3. The summed E-state index contributed by atoms with van der Waals surface area (Å²) >= 11 is 0. The lowest BCUT2D eigenvalue weighted by atomic mass is 9.78. The Morgan fingerprint density at radius 1 is 0.880 bits per heavy atom. The van der Waals surface area contributed by atoms with Crippen LogP contribution in [-0.4, -0.2) is 6.61 Å². The maximum Gasteiger partial charge on any atom is 0.237 e. The van der Waals surface area contributed by atoms with Crippen LogP contribution in [0.5, 0.6) is 0 Å². The van der Waals surface area contributed by atoms with E-state index in [1.54, 1.807) is 0 Å². The molecule has 25 heavy (non-hydrogen) atoms. The smallest absolute Gasteiger partial charge is 0.237 e. The predicted molar refractivity (Wildman–Crippen MR) is 106 cm³/mol. The first kappa shape index (κ1) is 20.3. The Morgan fingerprint density at radius 3 is 2.24 bits per heavy atom. The summed E-state index contributed by atoms with van der Waals surface area (Å²) in [5, 5.41) is 0. The van der Waals surface area contributed by atoms with E-state index in [0.29, 0.717) is 5.92 Å². The second-order valence-corrected chi connectivity index (χ2v) is 7.85. The minimum absolute atomic E-state index is 0.683. The molecule has 0 unspecified atom stereocenters. The summed E-state index contributed by atoms with van der Waals surface area (Å²) in [5.74, 6) is 1.66. The quantitative estimate of drug-likeness (QED) is 0.323. The molecule has 2 nitrogen and oxygen atoms in total. The van der Waals surface area contributed by atoms with E-state index in [1.807, 2.05) is 4.73 Å². The number of unbranched alkanes of at least 4 members (excludes halogenated alkanes) is 7. The Balaban J connectivity index is 1.60. The van der Waals surface area contributed by atoms with Crippen LogP contribution >= 0.6 is 0 Å². The summed E-state index contributed by atoms with van der Waals surface area (Å²) in [6, 6.07) is 6.46. The highest BCUT2D eigenvalue weighted by molar-refractivity contribution is 5.04. The molecule has 2 heteroatoms. The second-order valence-electron chi connectivity index (χ2n) is 7.85. The van der Waals surface area contributed by atoms with E-state index >= 15 is 0 Å². The topological polar surface area (TPSA) is 13.1 Å². The molecule has 1 heterocycles. The van der Waals surface area contributed by atoms with Gasteiger partial charge in [0.15, 0.2) is 6.61 Å². The maximum absolute atomic E-state index is 5.76. The number of nitrogens with zero attached hydrogens (tertiary/aromatic N) is 1. The summed E-state index contributed by atoms with van der Waals surface area (Å²) < 4.78 is 2.00. The molecule has 0 radical (unpaired) electrons. The lowest BCUT2D eigenvalue weighted by Crippen LogP contribution is -2.47. The molecule has 142 valence electrons. The van der Waals surface area contributed by atoms with Crippen molar-refractivity contribution in [3.05, 3.63) is 30.1 Å². The Hall–Kier alpha value is -1.05. The Labute approximate surface area is 155 Å². The van der Waals surface area contributed by atoms with Gasteiger partial charge in [-0.25, -0.2) is 0 Å². The average molecular weight is 347 g/mol. The molecule has 0 spiro atoms. The first-order valence-electron chi connectivity index (χ1n) is 11.0. The molecule has 0 aliphatic heterocycles. The molecule has 2 rings (SSSR count). The van der Waals surface area contributed by atoms with Gasteiger partial charge in [-0.2, -0.15) is 0 Å². The number of aromatic nitrogens is 1. The van der Waals surface area contributed by atoms with Crippen LogP contribution in [0.25, 0.3) is 0 Å². The number of hydrogen-bond acceptors (Lipinski definition) is 1. The fourth-order valence-electron chi connectivity index (χ4n) is 4.33. The molecule has 0 atom stereocenters. The zero-order chi connectivity index (χ0) is 17.7. The molecule has 0 aromatic carbocycles. The normalized spacial score (nSPS) is 20.6. The van der Waals surface area contributed by atoms with Gasteiger partial charge in [0.25, 0.3) is 0 Å². The van der Waals surface area contributed by atoms with Gasteiger partial charge in [-0.1, -0.05) is 64.7 Å². The monoisotopic (exact) mass is 346 g/mol. The lowest BCUT2D eigenvalue weighted by Gasteiger charge is -2.26. The van der Waals surface area contributed by atoms with Crippen molar-refractivity contribution in [3.63, 3.8) is 0 Å². The molecule has 0 saturated heterocycles. The van der Waals surface area contributed by atoms with Gasteiger partial charge in [-0.05, 0) is 44.6 Å². The van der Waals surface area contributed by atoms with Crippen LogP contribution in [-0.2, 0) is 0 Å². The minimum Gasteiger partial charge on any atom is -0.271 e. The molecule has 1 fully saturated rings. The molecular formula is C23H40NO+. The van der Waals surface area contributed by atoms with Crippen molar-refractivity contribution in [1.82, 2.24) is 0 Å². The van der Waals surface area contributed by atoms with Gasteiger partial charge in [0.05, 0.1) is 0 Å². The van der Waals surface area contributed by atoms with Gasteiger partial charge in [-0.3, -0.25) is 4.84 Å². The highest BCUT2D eigenvalue weighted by Crippen LogP contribution is 2.36. The molecule has 0 bridgehead atoms. The van der Waals surface area contributed by atoms with E-state index in [0.717, 1.165) is 12.5 Å². The van der Waals surface area contributed by atoms with E-state index in [2.05, 4.69) is 38.2 Å². The minimum atomic E-state index is 0.683. The molecule has 1 aliphatic carbocycles. The van der Waals surface area contributed by atoms with Crippen LogP contribution in [0.15, 0.2) is 24.4 Å². The van der Waals surface area contributed by atoms with Crippen molar-refractivity contribution in [1.29, 1.82) is 0 Å². The van der Waals surface area contributed by atoms with E-state index in [4.69, 9.17) is 4.84 Å². The highest BCUT2D eigenvalue weighted by atomic mass is 16.7. The van der Waals surface area contributed by atoms with Crippen LogP contribution in [0.4, 0.5) is 0 Å². The van der Waals surface area contributed by atoms with Crippen molar-refractivity contribution < 1.29 is 9.57 Å². The summed E-state index contributed by atoms with van der Waals surface area (Å²) in [7, 11) is 0. The number of rotatable bonds is 12. The summed E-state index contributed by atoms with van der Waals surface area (Å²) in [5.41, 5.74) is 1.37. The second kappa shape index (κ2) is 12.3. The highest BCUT2D eigenvalue weighted by Gasteiger charge is 2.28. The maximum atomic E-state index is 5.76. The number of pyridine rings is 1. The van der Waals surface area contributed by atoms with Gasteiger partial charge in [0, 0.05) is 22.8 Å². The van der Waals surface area contributed by atoms with Crippen LogP contribution in [0.2, 0.25) is 0 Å². The van der Waals surface area contributed by atoms with Crippen molar-refractivity contribution in [2.75, 3.05) is 6.61 Å².